The van der Waals surface area contributed by atoms with Crippen molar-refractivity contribution >= 4 is 29.9 Å². The van der Waals surface area contributed by atoms with E-state index in [4.69, 9.17) is 9.47 Å². The lowest BCUT2D eigenvalue weighted by molar-refractivity contribution is 0.0203. The van der Waals surface area contributed by atoms with Gasteiger partial charge in [-0.2, -0.15) is 0 Å². The smallest absolute Gasteiger partial charge is 0.191 e. The minimum Gasteiger partial charge on any atom is -0.381 e. The molecule has 0 amide bonds. The predicted molar refractivity (Wildman–Crippen MR) is 134 cm³/mol. The number of hydrogen-bond acceptors (Lipinski definition) is 4. The Morgan fingerprint density at radius 3 is 2.69 bits per heavy atom. The van der Waals surface area contributed by atoms with E-state index < -0.39 is 11.6 Å². The Labute approximate surface area is 207 Å². The molecule has 0 aromatic heterocycles. The molecule has 1 atom stereocenters. The highest BCUT2D eigenvalue weighted by molar-refractivity contribution is 14.0. The molecule has 6 nitrogen and oxygen atoms in total. The van der Waals surface area contributed by atoms with Crippen LogP contribution in [-0.2, 0) is 16.0 Å². The Balaban J connectivity index is 0.00000363. The number of guanidine groups is 1. The third-order valence-electron chi connectivity index (χ3n) is 5.97. The van der Waals surface area contributed by atoms with Gasteiger partial charge in [-0.25, -0.2) is 8.78 Å². The molecule has 182 valence electrons. The standard InChI is InChI=1S/C23H36F2N4O2.HI/c1-26-23(27-10-4-12-31-17-18-8-13-30-14-9-18)28-19-5-3-11-29(15-19)16-20-21(24)6-2-7-22(20)25;/h2,6-7,18-19H,3-5,8-17H2,1H3,(H2,26,27,28);1H. The van der Waals surface area contributed by atoms with Crippen LogP contribution in [-0.4, -0.2) is 70.0 Å². The largest absolute Gasteiger partial charge is 0.381 e. The van der Waals surface area contributed by atoms with E-state index in [1.807, 2.05) is 0 Å². The fourth-order valence-corrected chi connectivity index (χ4v) is 4.16. The number of piperidine rings is 1. The summed E-state index contributed by atoms with van der Waals surface area (Å²) in [7, 11) is 1.76. The fraction of sp³-hybridized carbons (Fsp3) is 0.696. The third-order valence-corrected chi connectivity index (χ3v) is 5.97. The molecule has 9 heteroatoms. The average molecular weight is 566 g/mol. The minimum absolute atomic E-state index is 0. The van der Waals surface area contributed by atoms with Crippen LogP contribution in [0.15, 0.2) is 23.2 Å². The molecule has 0 aliphatic carbocycles. The molecule has 0 bridgehead atoms. The summed E-state index contributed by atoms with van der Waals surface area (Å²) in [5, 5.41) is 6.79. The summed E-state index contributed by atoms with van der Waals surface area (Å²) < 4.78 is 39.1. The van der Waals surface area contributed by atoms with Crippen LogP contribution in [0.5, 0.6) is 0 Å². The van der Waals surface area contributed by atoms with E-state index in [-0.39, 0.29) is 42.1 Å². The molecule has 2 heterocycles. The van der Waals surface area contributed by atoms with Gasteiger partial charge in [-0.1, -0.05) is 6.07 Å². The maximum absolute atomic E-state index is 14.0. The molecule has 0 radical (unpaired) electrons. The van der Waals surface area contributed by atoms with Crippen molar-refractivity contribution in [1.29, 1.82) is 0 Å². The monoisotopic (exact) mass is 566 g/mol. The van der Waals surface area contributed by atoms with Gasteiger partial charge in [0.05, 0.1) is 0 Å². The van der Waals surface area contributed by atoms with Crippen LogP contribution in [0, 0.1) is 17.6 Å². The number of benzene rings is 1. The van der Waals surface area contributed by atoms with Crippen molar-refractivity contribution in [3.8, 4) is 0 Å². The zero-order valence-corrected chi connectivity index (χ0v) is 21.3. The highest BCUT2D eigenvalue weighted by atomic mass is 127. The Morgan fingerprint density at radius 2 is 1.97 bits per heavy atom. The number of rotatable bonds is 9. The first-order valence-corrected chi connectivity index (χ1v) is 11.4. The molecule has 1 unspecified atom stereocenters. The number of halogens is 3. The van der Waals surface area contributed by atoms with Crippen LogP contribution in [0.3, 0.4) is 0 Å². The molecule has 0 saturated carbocycles. The van der Waals surface area contributed by atoms with Crippen molar-refractivity contribution in [2.24, 2.45) is 10.9 Å². The molecular formula is C23H37F2IN4O2. The molecular weight excluding hydrogens is 529 g/mol. The van der Waals surface area contributed by atoms with E-state index in [0.29, 0.717) is 5.92 Å². The first kappa shape index (κ1) is 27.2. The van der Waals surface area contributed by atoms with Gasteiger partial charge in [0.1, 0.15) is 11.6 Å². The normalized spacial score (nSPS) is 20.6. The van der Waals surface area contributed by atoms with E-state index in [1.165, 1.54) is 18.2 Å². The quantitative estimate of drug-likeness (QED) is 0.207. The molecule has 1 aromatic rings. The van der Waals surface area contributed by atoms with Gasteiger partial charge in [0.25, 0.3) is 0 Å². The lowest BCUT2D eigenvalue weighted by Gasteiger charge is -2.34. The summed E-state index contributed by atoms with van der Waals surface area (Å²) in [6.07, 6.45) is 5.08. The molecule has 2 aliphatic heterocycles. The second kappa shape index (κ2) is 15.0. The summed E-state index contributed by atoms with van der Waals surface area (Å²) >= 11 is 0. The summed E-state index contributed by atoms with van der Waals surface area (Å²) in [6.45, 7) is 5.88. The molecule has 3 rings (SSSR count). The first-order valence-electron chi connectivity index (χ1n) is 11.4. The van der Waals surface area contributed by atoms with Gasteiger partial charge in [-0.3, -0.25) is 9.89 Å². The summed E-state index contributed by atoms with van der Waals surface area (Å²) in [5.41, 5.74) is 0.145. The van der Waals surface area contributed by atoms with Gasteiger partial charge in [-0.05, 0) is 56.7 Å². The van der Waals surface area contributed by atoms with Crippen molar-refractivity contribution in [1.82, 2.24) is 15.5 Å². The van der Waals surface area contributed by atoms with Crippen molar-refractivity contribution < 1.29 is 18.3 Å². The lowest BCUT2D eigenvalue weighted by Crippen LogP contribution is -2.51. The second-order valence-corrected chi connectivity index (χ2v) is 8.40. The minimum atomic E-state index is -0.480. The van der Waals surface area contributed by atoms with Crippen LogP contribution in [0.1, 0.15) is 37.7 Å². The molecule has 2 aliphatic rings. The number of likely N-dealkylation sites (tertiary alicyclic amines) is 1. The Bertz CT molecular complexity index is 684. The molecule has 0 spiro atoms. The van der Waals surface area contributed by atoms with Crippen molar-refractivity contribution in [2.45, 2.75) is 44.7 Å². The van der Waals surface area contributed by atoms with Gasteiger partial charge in [-0.15, -0.1) is 24.0 Å². The zero-order chi connectivity index (χ0) is 21.9. The van der Waals surface area contributed by atoms with Gasteiger partial charge >= 0.3 is 0 Å². The van der Waals surface area contributed by atoms with Crippen LogP contribution >= 0.6 is 24.0 Å². The number of nitrogens with one attached hydrogen (secondary N) is 2. The van der Waals surface area contributed by atoms with E-state index in [0.717, 1.165) is 84.1 Å². The zero-order valence-electron chi connectivity index (χ0n) is 19.0. The number of nitrogens with zero attached hydrogens (tertiary/aromatic N) is 2. The van der Waals surface area contributed by atoms with Crippen LogP contribution in [0.25, 0.3) is 0 Å². The molecule has 32 heavy (non-hydrogen) atoms. The topological polar surface area (TPSA) is 58.1 Å². The average Bonchev–Trinajstić information content (AvgIpc) is 2.79. The maximum Gasteiger partial charge on any atom is 0.191 e. The number of ether oxygens (including phenoxy) is 2. The first-order chi connectivity index (χ1) is 15.2. The van der Waals surface area contributed by atoms with Crippen molar-refractivity contribution in [2.75, 3.05) is 53.1 Å². The van der Waals surface area contributed by atoms with E-state index in [2.05, 4.69) is 20.5 Å². The SMILES string of the molecule is CN=C(NCCCOCC1CCOCC1)NC1CCCN(Cc2c(F)cccc2F)C1.I. The molecule has 2 N–H and O–H groups in total. The molecule has 2 saturated heterocycles. The summed E-state index contributed by atoms with van der Waals surface area (Å²) in [5.74, 6) is 0.426. The summed E-state index contributed by atoms with van der Waals surface area (Å²) in [4.78, 5) is 6.41. The predicted octanol–water partition coefficient (Wildman–Crippen LogP) is 3.55. The van der Waals surface area contributed by atoms with Crippen molar-refractivity contribution in [3.05, 3.63) is 35.4 Å². The van der Waals surface area contributed by atoms with E-state index in [1.54, 1.807) is 7.05 Å². The maximum atomic E-state index is 14.0. The van der Waals surface area contributed by atoms with Gasteiger partial charge < -0.3 is 20.1 Å². The van der Waals surface area contributed by atoms with Crippen LogP contribution < -0.4 is 10.6 Å². The Hall–Kier alpha value is -1.04. The molecule has 2 fully saturated rings. The van der Waals surface area contributed by atoms with Gasteiger partial charge in [0.2, 0.25) is 0 Å². The van der Waals surface area contributed by atoms with Gasteiger partial charge in [0, 0.05) is 64.7 Å². The van der Waals surface area contributed by atoms with Crippen LogP contribution in [0.2, 0.25) is 0 Å². The fourth-order valence-electron chi connectivity index (χ4n) is 4.16. The second-order valence-electron chi connectivity index (χ2n) is 8.40. The third kappa shape index (κ3) is 9.07. The Morgan fingerprint density at radius 1 is 1.22 bits per heavy atom. The lowest BCUT2D eigenvalue weighted by atomic mass is 10.0. The van der Waals surface area contributed by atoms with Gasteiger partial charge in [0.15, 0.2) is 5.96 Å². The Kier molecular flexibility index (Phi) is 12.7. The summed E-state index contributed by atoms with van der Waals surface area (Å²) in [6, 6.07) is 4.23. The van der Waals surface area contributed by atoms with E-state index in [9.17, 15) is 8.78 Å². The highest BCUT2D eigenvalue weighted by Gasteiger charge is 2.22. The van der Waals surface area contributed by atoms with Crippen LogP contribution in [0.4, 0.5) is 8.78 Å². The van der Waals surface area contributed by atoms with Crippen molar-refractivity contribution in [3.63, 3.8) is 0 Å². The highest BCUT2D eigenvalue weighted by Crippen LogP contribution is 2.18. The number of aliphatic imine (C=N–C) groups is 1. The molecule has 1 aromatic carbocycles. The van der Waals surface area contributed by atoms with E-state index >= 15 is 0 Å². The number of hydrogen-bond donors (Lipinski definition) is 2.